The van der Waals surface area contributed by atoms with Crippen molar-refractivity contribution in [2.75, 3.05) is 0 Å². The van der Waals surface area contributed by atoms with E-state index in [1.807, 2.05) is 12.2 Å². The molecule has 0 unspecified atom stereocenters. The average Bonchev–Trinajstić information content (AvgIpc) is 2.61. The summed E-state index contributed by atoms with van der Waals surface area (Å²) in [6.07, 6.45) is -0.406. The molecule has 0 aromatic rings. The SMILES string of the molecule is N[C@@H]1C=CC[C@H]1O.O=C(O)[C@H](O)[C@@H](O)C(=O)O. The molecule has 0 aliphatic heterocycles. The van der Waals surface area contributed by atoms with Gasteiger partial charge in [-0.1, -0.05) is 12.2 Å². The van der Waals surface area contributed by atoms with E-state index in [1.54, 1.807) is 0 Å². The Balaban J connectivity index is 0.000000318. The van der Waals surface area contributed by atoms with Crippen LogP contribution in [0.25, 0.3) is 0 Å². The van der Waals surface area contributed by atoms with Crippen molar-refractivity contribution in [3.8, 4) is 0 Å². The van der Waals surface area contributed by atoms with Crippen LogP contribution < -0.4 is 5.73 Å². The zero-order chi connectivity index (χ0) is 13.6. The first-order valence-corrected chi connectivity index (χ1v) is 4.69. The predicted molar refractivity (Wildman–Crippen MR) is 55.0 cm³/mol. The summed E-state index contributed by atoms with van der Waals surface area (Å²) in [7, 11) is 0. The largest absolute Gasteiger partial charge is 0.479 e. The Kier molecular flexibility index (Phi) is 6.36. The van der Waals surface area contributed by atoms with E-state index in [9.17, 15) is 9.59 Å². The van der Waals surface area contributed by atoms with Gasteiger partial charge >= 0.3 is 11.9 Å². The quantitative estimate of drug-likeness (QED) is 0.299. The first-order valence-electron chi connectivity index (χ1n) is 4.69. The highest BCUT2D eigenvalue weighted by atomic mass is 16.4. The minimum atomic E-state index is -2.27. The van der Waals surface area contributed by atoms with Gasteiger partial charge in [-0.2, -0.15) is 0 Å². The third-order valence-corrected chi connectivity index (χ3v) is 1.99. The van der Waals surface area contributed by atoms with E-state index in [1.165, 1.54) is 0 Å². The molecule has 1 rings (SSSR count). The molecule has 4 atom stereocenters. The molecular weight excluding hydrogens is 234 g/mol. The van der Waals surface area contributed by atoms with E-state index in [-0.39, 0.29) is 12.1 Å². The molecule has 8 heteroatoms. The van der Waals surface area contributed by atoms with E-state index in [0.717, 1.165) is 6.42 Å². The molecule has 1 aliphatic carbocycles. The molecule has 98 valence electrons. The van der Waals surface area contributed by atoms with Gasteiger partial charge in [0.15, 0.2) is 12.2 Å². The molecule has 1 aliphatic rings. The summed E-state index contributed by atoms with van der Waals surface area (Å²) in [6.45, 7) is 0. The van der Waals surface area contributed by atoms with Crippen LogP contribution in [0.4, 0.5) is 0 Å². The number of aliphatic hydroxyl groups excluding tert-OH is 3. The maximum atomic E-state index is 9.77. The van der Waals surface area contributed by atoms with Crippen molar-refractivity contribution in [2.24, 2.45) is 5.73 Å². The van der Waals surface area contributed by atoms with E-state index < -0.39 is 24.1 Å². The van der Waals surface area contributed by atoms with E-state index in [4.69, 9.17) is 31.3 Å². The van der Waals surface area contributed by atoms with Gasteiger partial charge in [0.1, 0.15) is 0 Å². The molecule has 0 amide bonds. The predicted octanol–water partition coefficient (Wildman–Crippen LogP) is -2.49. The Hall–Kier alpha value is -1.48. The Morgan fingerprint density at radius 3 is 1.71 bits per heavy atom. The van der Waals surface area contributed by atoms with Gasteiger partial charge in [0.2, 0.25) is 0 Å². The third kappa shape index (κ3) is 5.41. The normalized spacial score (nSPS) is 25.6. The lowest BCUT2D eigenvalue weighted by Gasteiger charge is -2.07. The fraction of sp³-hybridized carbons (Fsp3) is 0.556. The molecule has 0 saturated heterocycles. The van der Waals surface area contributed by atoms with Crippen molar-refractivity contribution in [3.63, 3.8) is 0 Å². The summed E-state index contributed by atoms with van der Waals surface area (Å²) < 4.78 is 0. The van der Waals surface area contributed by atoms with Crippen molar-refractivity contribution >= 4 is 11.9 Å². The van der Waals surface area contributed by atoms with Gasteiger partial charge in [-0.15, -0.1) is 0 Å². The molecular formula is C9H15NO7. The summed E-state index contributed by atoms with van der Waals surface area (Å²) in [4.78, 5) is 19.5. The van der Waals surface area contributed by atoms with Gasteiger partial charge in [-0.3, -0.25) is 0 Å². The van der Waals surface area contributed by atoms with E-state index in [2.05, 4.69) is 0 Å². The second-order valence-electron chi connectivity index (χ2n) is 3.37. The van der Waals surface area contributed by atoms with Crippen molar-refractivity contribution in [3.05, 3.63) is 12.2 Å². The lowest BCUT2D eigenvalue weighted by molar-refractivity contribution is -0.165. The lowest BCUT2D eigenvalue weighted by atomic mass is 10.2. The molecule has 0 radical (unpaired) electrons. The van der Waals surface area contributed by atoms with Gasteiger partial charge in [0, 0.05) is 6.04 Å². The number of rotatable bonds is 3. The van der Waals surface area contributed by atoms with Crippen LogP contribution in [-0.2, 0) is 9.59 Å². The van der Waals surface area contributed by atoms with Crippen molar-refractivity contribution in [2.45, 2.75) is 30.8 Å². The van der Waals surface area contributed by atoms with Crippen LogP contribution in [0.5, 0.6) is 0 Å². The Morgan fingerprint density at radius 1 is 1.18 bits per heavy atom. The zero-order valence-corrected chi connectivity index (χ0v) is 8.80. The molecule has 8 nitrogen and oxygen atoms in total. The number of hydrogen-bond donors (Lipinski definition) is 6. The van der Waals surface area contributed by atoms with Crippen LogP contribution in [-0.4, -0.2) is 61.8 Å². The van der Waals surface area contributed by atoms with Gasteiger partial charge in [-0.25, -0.2) is 9.59 Å². The first kappa shape index (κ1) is 15.5. The average molecular weight is 249 g/mol. The van der Waals surface area contributed by atoms with E-state index in [0.29, 0.717) is 0 Å². The molecule has 0 spiro atoms. The van der Waals surface area contributed by atoms with Gasteiger partial charge < -0.3 is 31.3 Å². The van der Waals surface area contributed by atoms with Crippen LogP contribution in [0.2, 0.25) is 0 Å². The Morgan fingerprint density at radius 2 is 1.59 bits per heavy atom. The highest BCUT2D eigenvalue weighted by Gasteiger charge is 2.29. The second-order valence-corrected chi connectivity index (χ2v) is 3.37. The van der Waals surface area contributed by atoms with Crippen LogP contribution >= 0.6 is 0 Å². The summed E-state index contributed by atoms with van der Waals surface area (Å²) in [5.41, 5.74) is 5.34. The molecule has 0 heterocycles. The third-order valence-electron chi connectivity index (χ3n) is 1.99. The van der Waals surface area contributed by atoms with Gasteiger partial charge in [0.25, 0.3) is 0 Å². The highest BCUT2D eigenvalue weighted by molar-refractivity contribution is 5.83. The summed E-state index contributed by atoms with van der Waals surface area (Å²) in [5.74, 6) is -3.54. The van der Waals surface area contributed by atoms with Gasteiger partial charge in [0.05, 0.1) is 6.10 Å². The molecule has 0 fully saturated rings. The fourth-order valence-electron chi connectivity index (χ4n) is 0.931. The molecule has 7 N–H and O–H groups in total. The Labute approximate surface area is 96.6 Å². The number of hydrogen-bond acceptors (Lipinski definition) is 6. The van der Waals surface area contributed by atoms with Crippen LogP contribution in [0.1, 0.15) is 6.42 Å². The minimum absolute atomic E-state index is 0.111. The molecule has 0 bridgehead atoms. The smallest absolute Gasteiger partial charge is 0.335 e. The number of aliphatic hydroxyl groups is 3. The van der Waals surface area contributed by atoms with Crippen molar-refractivity contribution in [1.82, 2.24) is 0 Å². The number of carboxylic acid groups (broad SMARTS) is 2. The topological polar surface area (TPSA) is 161 Å². The second kappa shape index (κ2) is 6.97. The molecule has 0 aromatic heterocycles. The first-order chi connectivity index (χ1) is 7.77. The van der Waals surface area contributed by atoms with Crippen LogP contribution in [0, 0.1) is 0 Å². The number of carboxylic acids is 2. The number of aliphatic carboxylic acids is 2. The number of carbonyl (C=O) groups is 2. The zero-order valence-electron chi connectivity index (χ0n) is 8.80. The Bertz CT molecular complexity index is 286. The summed E-state index contributed by atoms with van der Waals surface area (Å²) in [6, 6.07) is -0.111. The number of nitrogens with two attached hydrogens (primary N) is 1. The lowest BCUT2D eigenvalue weighted by Crippen LogP contribution is -2.39. The van der Waals surface area contributed by atoms with E-state index >= 15 is 0 Å². The van der Waals surface area contributed by atoms with Crippen molar-refractivity contribution in [1.29, 1.82) is 0 Å². The molecule has 0 aromatic carbocycles. The van der Waals surface area contributed by atoms with Crippen molar-refractivity contribution < 1.29 is 35.1 Å². The standard InChI is InChI=1S/C5H9NO.C4H6O6/c6-4-2-1-3-5(4)7;5-1(3(7)8)2(6)4(9)10/h1-2,4-5,7H,3,6H2;1-2,5-6H,(H,7,8)(H,9,10)/t4-,5-;1-,2-/m11/s1. The molecule has 0 saturated carbocycles. The fourth-order valence-corrected chi connectivity index (χ4v) is 0.931. The maximum absolute atomic E-state index is 9.77. The minimum Gasteiger partial charge on any atom is -0.479 e. The monoisotopic (exact) mass is 249 g/mol. The maximum Gasteiger partial charge on any atom is 0.335 e. The highest BCUT2D eigenvalue weighted by Crippen LogP contribution is 2.06. The molecule has 17 heavy (non-hydrogen) atoms. The van der Waals surface area contributed by atoms with Crippen LogP contribution in [0.3, 0.4) is 0 Å². The van der Waals surface area contributed by atoms with Crippen LogP contribution in [0.15, 0.2) is 12.2 Å². The summed E-state index contributed by atoms with van der Waals surface area (Å²) >= 11 is 0. The summed E-state index contributed by atoms with van der Waals surface area (Å²) in [5, 5.41) is 41.3. The van der Waals surface area contributed by atoms with Gasteiger partial charge in [-0.05, 0) is 6.42 Å².